The van der Waals surface area contributed by atoms with Crippen molar-refractivity contribution in [3.63, 3.8) is 0 Å². The first-order valence-corrected chi connectivity index (χ1v) is 30.8. The summed E-state index contributed by atoms with van der Waals surface area (Å²) >= 11 is 0. The van der Waals surface area contributed by atoms with Crippen molar-refractivity contribution in [2.24, 2.45) is 23.7 Å². The molecule has 6 heterocycles. The number of halogens is 4. The SMILES string of the molecule is CC(Cc1cccc(C(F)(F)F)c1)NCCOC(=O)c1ccccc1.CCC(C)C1OC2(C=CC1C)CC1CC(CC=C(C)C(OC3CC(OC)C(OC4CC(OC)C(O)C(C)O4)C(C)O3)C(C)C=CC=C3COC4C(O)C(C)=CC(C(=O)O1)C34O)O2.Cl. The van der Waals surface area contributed by atoms with Crippen LogP contribution in [-0.2, 0) is 69.5 Å². The fourth-order valence-corrected chi connectivity index (χ4v) is 13.0. The predicted octanol–water partition coefficient (Wildman–Crippen LogP) is 9.88. The molecular formula is C67H93ClF3NO16. The second-order valence-corrected chi connectivity index (χ2v) is 24.7. The molecule has 4 fully saturated rings. The third kappa shape index (κ3) is 17.2. The number of esters is 2. The van der Waals surface area contributed by atoms with Crippen LogP contribution >= 0.6 is 12.4 Å². The molecular weight excluding hydrogens is 1170 g/mol. The van der Waals surface area contributed by atoms with Crippen molar-refractivity contribution < 1.29 is 90.2 Å². The minimum atomic E-state index is -4.34. The molecule has 2 aromatic carbocycles. The third-order valence-electron chi connectivity index (χ3n) is 18.1. The summed E-state index contributed by atoms with van der Waals surface area (Å²) < 4.78 is 107. The fraction of sp³-hybridized carbons (Fsp3) is 0.642. The zero-order chi connectivity index (χ0) is 63.0. The number of methoxy groups -OCH3 is 2. The van der Waals surface area contributed by atoms with Gasteiger partial charge in [0.05, 0.1) is 60.5 Å². The summed E-state index contributed by atoms with van der Waals surface area (Å²) in [5, 5.41) is 37.4. The molecule has 0 saturated carbocycles. The molecule has 17 nitrogen and oxygen atoms in total. The van der Waals surface area contributed by atoms with Crippen LogP contribution in [0.2, 0.25) is 0 Å². The van der Waals surface area contributed by atoms with Crippen molar-refractivity contribution in [3.8, 4) is 0 Å². The van der Waals surface area contributed by atoms with Gasteiger partial charge in [-0.25, -0.2) is 4.79 Å². The van der Waals surface area contributed by atoms with E-state index < -0.39 is 109 Å². The lowest BCUT2D eigenvalue weighted by atomic mass is 9.71. The van der Waals surface area contributed by atoms with Crippen molar-refractivity contribution >= 4 is 24.3 Å². The normalized spacial score (nSPS) is 36.7. The van der Waals surface area contributed by atoms with Gasteiger partial charge in [-0.3, -0.25) is 4.79 Å². The molecule has 4 N–H and O–H groups in total. The second kappa shape index (κ2) is 31.3. The lowest BCUT2D eigenvalue weighted by Crippen LogP contribution is -2.58. The number of carbonyl (C=O) groups is 2. The number of ether oxygens (including phenoxy) is 11. The first kappa shape index (κ1) is 71.1. The highest BCUT2D eigenvalue weighted by Gasteiger charge is 2.60. The van der Waals surface area contributed by atoms with E-state index in [1.165, 1.54) is 6.07 Å². The average molecular weight is 1260 g/mol. The minimum absolute atomic E-state index is 0. The van der Waals surface area contributed by atoms with Gasteiger partial charge in [0.15, 0.2) is 18.4 Å². The molecule has 21 heteroatoms. The zero-order valence-corrected chi connectivity index (χ0v) is 53.3. The molecule has 9 rings (SSSR count). The highest BCUT2D eigenvalue weighted by molar-refractivity contribution is 5.89. The summed E-state index contributed by atoms with van der Waals surface area (Å²) in [6.07, 6.45) is 4.67. The number of nitrogens with one attached hydrogen (secondary N) is 1. The maximum atomic E-state index is 14.3. The summed E-state index contributed by atoms with van der Waals surface area (Å²) in [4.78, 5) is 26.1. The average Bonchev–Trinajstić information content (AvgIpc) is 1.54. The van der Waals surface area contributed by atoms with Crippen molar-refractivity contribution in [2.45, 2.75) is 217 Å². The van der Waals surface area contributed by atoms with Crippen molar-refractivity contribution in [1.29, 1.82) is 0 Å². The van der Waals surface area contributed by atoms with Crippen molar-refractivity contribution in [2.75, 3.05) is 34.0 Å². The molecule has 21 atom stereocenters. The summed E-state index contributed by atoms with van der Waals surface area (Å²) in [6.45, 7) is 18.6. The molecule has 21 unspecified atom stereocenters. The maximum Gasteiger partial charge on any atom is 0.416 e. The molecule has 2 aromatic rings. The zero-order valence-electron chi connectivity index (χ0n) is 52.5. The largest absolute Gasteiger partial charge is 0.462 e. The van der Waals surface area contributed by atoms with Gasteiger partial charge in [0.25, 0.3) is 0 Å². The van der Waals surface area contributed by atoms with Gasteiger partial charge < -0.3 is 72.7 Å². The molecule has 0 aromatic heterocycles. The fourth-order valence-electron chi connectivity index (χ4n) is 13.0. The Morgan fingerprint density at radius 1 is 0.864 bits per heavy atom. The Labute approximate surface area is 522 Å². The Kier molecular flexibility index (Phi) is 25.3. The van der Waals surface area contributed by atoms with E-state index in [4.69, 9.17) is 52.1 Å². The standard InChI is InChI=1S/C48H72O14.C19H20F3NO2.ClH/c1-11-25(2)43-28(5)17-18-47(62-43)23-34-20-33(61-47)16-15-27(4)42(26(3)13-12-14-32-24-55-45-40(49)29(6)19-35(46(51)58-34)48(32,45)52)59-39-22-37(54-10)44(31(8)57-39)60-38-21-36(53-9)41(50)30(7)56-38;1-14(12-15-6-5-9-17(13-15)19(20,21)22)23-10-11-25-18(24)16-7-3-2-4-8-16;/h12-15,17-19,25-26,28,30-31,33-45,49-50,52H,11,16,20-24H2,1-10H3;2-9,13-14,23H,10-12H2,1H3;1H. The Bertz CT molecular complexity index is 2760. The molecule has 7 aliphatic rings. The van der Waals surface area contributed by atoms with E-state index in [-0.39, 0.29) is 67.7 Å². The van der Waals surface area contributed by atoms with Crippen LogP contribution in [0.25, 0.3) is 0 Å². The quantitative estimate of drug-likeness (QED) is 0.0743. The van der Waals surface area contributed by atoms with Crippen LogP contribution in [0.4, 0.5) is 13.2 Å². The number of fused-ring (bicyclic) bond motifs is 2. The number of alkyl halides is 3. The van der Waals surface area contributed by atoms with Crippen LogP contribution in [0.3, 0.4) is 0 Å². The number of benzene rings is 2. The monoisotopic (exact) mass is 1260 g/mol. The molecule has 1 aliphatic carbocycles. The lowest BCUT2D eigenvalue weighted by Gasteiger charge is -2.48. The summed E-state index contributed by atoms with van der Waals surface area (Å²) in [5.41, 5.74) is 0.582. The van der Waals surface area contributed by atoms with Gasteiger partial charge >= 0.3 is 18.1 Å². The van der Waals surface area contributed by atoms with Gasteiger partial charge in [-0.2, -0.15) is 13.2 Å². The molecule has 0 amide bonds. The Morgan fingerprint density at radius 2 is 1.57 bits per heavy atom. The number of rotatable bonds is 15. The van der Waals surface area contributed by atoms with E-state index in [1.807, 2.05) is 45.1 Å². The van der Waals surface area contributed by atoms with E-state index in [1.54, 1.807) is 70.6 Å². The van der Waals surface area contributed by atoms with Crippen LogP contribution in [0, 0.1) is 23.7 Å². The van der Waals surface area contributed by atoms with E-state index in [2.05, 4.69) is 45.2 Å². The van der Waals surface area contributed by atoms with E-state index >= 15 is 0 Å². The molecule has 4 saturated heterocycles. The summed E-state index contributed by atoms with van der Waals surface area (Å²) in [5.74, 6) is -2.96. The van der Waals surface area contributed by atoms with Gasteiger partial charge in [-0.1, -0.05) is 107 Å². The molecule has 2 bridgehead atoms. The number of carbonyl (C=O) groups excluding carboxylic acids is 2. The minimum Gasteiger partial charge on any atom is -0.462 e. The van der Waals surface area contributed by atoms with Crippen LogP contribution in [-0.4, -0.2) is 164 Å². The number of hydrogen-bond acceptors (Lipinski definition) is 17. The number of aliphatic hydroxyl groups excluding tert-OH is 2. The van der Waals surface area contributed by atoms with Crippen LogP contribution in [0.5, 0.6) is 0 Å². The maximum absolute atomic E-state index is 14.3. The van der Waals surface area contributed by atoms with Crippen LogP contribution < -0.4 is 5.32 Å². The molecule has 490 valence electrons. The Hall–Kier alpha value is -4.36. The van der Waals surface area contributed by atoms with Gasteiger partial charge in [-0.05, 0) is 99.9 Å². The predicted molar refractivity (Wildman–Crippen MR) is 324 cm³/mol. The van der Waals surface area contributed by atoms with Gasteiger partial charge in [0.2, 0.25) is 0 Å². The van der Waals surface area contributed by atoms with E-state index in [0.717, 1.165) is 24.1 Å². The third-order valence-corrected chi connectivity index (χ3v) is 18.1. The summed E-state index contributed by atoms with van der Waals surface area (Å²) in [6, 6.07) is 13.9. The van der Waals surface area contributed by atoms with Gasteiger partial charge in [0.1, 0.15) is 48.6 Å². The van der Waals surface area contributed by atoms with Crippen molar-refractivity contribution in [3.05, 3.63) is 131 Å². The highest BCUT2D eigenvalue weighted by Crippen LogP contribution is 2.47. The second-order valence-electron chi connectivity index (χ2n) is 24.7. The van der Waals surface area contributed by atoms with Crippen molar-refractivity contribution in [1.82, 2.24) is 5.32 Å². The van der Waals surface area contributed by atoms with Gasteiger partial charge in [-0.15, -0.1) is 12.4 Å². The lowest BCUT2D eigenvalue weighted by molar-refractivity contribution is -0.318. The number of aliphatic hydroxyl groups is 3. The first-order valence-electron chi connectivity index (χ1n) is 30.8. The first-order chi connectivity index (χ1) is 41.4. The topological polar surface area (TPSA) is 208 Å². The number of hydrogen-bond donors (Lipinski definition) is 4. The highest BCUT2D eigenvalue weighted by atomic mass is 35.5. The van der Waals surface area contributed by atoms with Gasteiger partial charge in [0, 0.05) is 64.3 Å². The molecule has 6 aliphatic heterocycles. The molecule has 0 radical (unpaired) electrons. The van der Waals surface area contributed by atoms with E-state index in [0.29, 0.717) is 67.3 Å². The molecule has 1 spiro atoms. The van der Waals surface area contributed by atoms with E-state index in [9.17, 15) is 38.1 Å². The summed E-state index contributed by atoms with van der Waals surface area (Å²) in [7, 11) is 3.22. The Balaban J connectivity index is 0.000000356. The molecule has 88 heavy (non-hydrogen) atoms. The van der Waals surface area contributed by atoms with Crippen LogP contribution in [0.15, 0.2) is 114 Å². The van der Waals surface area contributed by atoms with Crippen LogP contribution in [0.1, 0.15) is 122 Å². The Morgan fingerprint density at radius 3 is 2.27 bits per heavy atom. The number of allylic oxidation sites excluding steroid dienone is 2. The smallest absolute Gasteiger partial charge is 0.416 e.